The molecule has 0 saturated carbocycles. The van der Waals surface area contributed by atoms with Gasteiger partial charge in [0, 0.05) is 27.9 Å². The van der Waals surface area contributed by atoms with E-state index < -0.39 is 23.2 Å². The molecule has 0 spiro atoms. The fraction of sp³-hybridized carbons (Fsp3) is 0.160. The van der Waals surface area contributed by atoms with Gasteiger partial charge in [-0.05, 0) is 44.2 Å². The van der Waals surface area contributed by atoms with Crippen LogP contribution >= 0.6 is 11.6 Å². The summed E-state index contributed by atoms with van der Waals surface area (Å²) >= 11 is 6.19. The third kappa shape index (κ3) is 4.51. The second kappa shape index (κ2) is 8.32. The highest BCUT2D eigenvalue weighted by Crippen LogP contribution is 2.39. The molecule has 1 heterocycles. The highest BCUT2D eigenvalue weighted by Gasteiger charge is 2.35. The summed E-state index contributed by atoms with van der Waals surface area (Å²) < 4.78 is 57.5. The van der Waals surface area contributed by atoms with Crippen molar-refractivity contribution in [2.24, 2.45) is 0 Å². The van der Waals surface area contributed by atoms with Crippen molar-refractivity contribution in [2.45, 2.75) is 25.6 Å². The molecule has 3 aromatic carbocycles. The van der Waals surface area contributed by atoms with Crippen LogP contribution in [0.2, 0.25) is 5.02 Å². The van der Waals surface area contributed by atoms with E-state index >= 15 is 4.39 Å². The van der Waals surface area contributed by atoms with E-state index in [0.29, 0.717) is 10.6 Å². The zero-order valence-electron chi connectivity index (χ0n) is 17.7. The minimum Gasteiger partial charge on any atom is -0.384 e. The van der Waals surface area contributed by atoms with Crippen molar-refractivity contribution in [1.29, 1.82) is 0 Å². The van der Waals surface area contributed by atoms with Crippen molar-refractivity contribution in [1.82, 2.24) is 9.55 Å². The molecule has 3 nitrogen and oxygen atoms in total. The number of aromatic nitrogens is 2. The van der Waals surface area contributed by atoms with Crippen molar-refractivity contribution in [3.8, 4) is 28.2 Å². The molecule has 0 saturated heterocycles. The fourth-order valence-corrected chi connectivity index (χ4v) is 3.78. The van der Waals surface area contributed by atoms with Crippen LogP contribution in [0.15, 0.2) is 72.9 Å². The molecule has 0 aliphatic rings. The molecule has 4 rings (SSSR count). The summed E-state index contributed by atoms with van der Waals surface area (Å²) in [4.78, 5) is 4.30. The first kappa shape index (κ1) is 23.0. The van der Waals surface area contributed by atoms with Gasteiger partial charge in [-0.1, -0.05) is 48.0 Å². The number of rotatable bonds is 4. The molecule has 0 bridgehead atoms. The summed E-state index contributed by atoms with van der Waals surface area (Å²) in [5, 5.41) is 10.8. The molecule has 33 heavy (non-hydrogen) atoms. The first-order valence-corrected chi connectivity index (χ1v) is 10.4. The zero-order chi connectivity index (χ0) is 24.0. The smallest absolute Gasteiger partial charge is 0.384 e. The van der Waals surface area contributed by atoms with Crippen LogP contribution in [0.25, 0.3) is 28.2 Å². The van der Waals surface area contributed by atoms with Crippen LogP contribution < -0.4 is 0 Å². The first-order valence-electron chi connectivity index (χ1n) is 10.0. The van der Waals surface area contributed by atoms with Gasteiger partial charge < -0.3 is 5.11 Å². The van der Waals surface area contributed by atoms with Gasteiger partial charge in [-0.15, -0.1) is 0 Å². The predicted molar refractivity (Wildman–Crippen MR) is 120 cm³/mol. The van der Waals surface area contributed by atoms with Crippen LogP contribution in [0, 0.1) is 5.82 Å². The van der Waals surface area contributed by atoms with E-state index in [9.17, 15) is 18.3 Å². The van der Waals surface area contributed by atoms with Gasteiger partial charge in [0.2, 0.25) is 0 Å². The van der Waals surface area contributed by atoms with Gasteiger partial charge in [0.05, 0.1) is 16.9 Å². The maximum Gasteiger partial charge on any atom is 0.417 e. The average Bonchev–Trinajstić information content (AvgIpc) is 3.20. The topological polar surface area (TPSA) is 38.0 Å². The summed E-state index contributed by atoms with van der Waals surface area (Å²) in [6.07, 6.45) is -3.21. The Labute approximate surface area is 192 Å². The van der Waals surface area contributed by atoms with Gasteiger partial charge in [-0.2, -0.15) is 13.2 Å². The Morgan fingerprint density at radius 1 is 0.879 bits per heavy atom. The lowest BCUT2D eigenvalue weighted by atomic mass is 10.0. The van der Waals surface area contributed by atoms with Crippen LogP contribution in [0.1, 0.15) is 25.1 Å². The highest BCUT2D eigenvalue weighted by molar-refractivity contribution is 6.33. The van der Waals surface area contributed by atoms with Crippen molar-refractivity contribution in [3.63, 3.8) is 0 Å². The van der Waals surface area contributed by atoms with Gasteiger partial charge >= 0.3 is 6.18 Å². The van der Waals surface area contributed by atoms with Gasteiger partial charge in [0.25, 0.3) is 0 Å². The van der Waals surface area contributed by atoms with Crippen molar-refractivity contribution >= 4 is 11.6 Å². The standard InChI is InChI=1S/C25H19ClF4N2O/c1-24(2,33)22-14-32(23(31-22)18-8-3-5-9-19(18)25(28,29)30)15-11-12-17(21(27)13-15)16-7-4-6-10-20(16)26/h3-14,33H,1-2H3. The Bertz CT molecular complexity index is 1320. The van der Waals surface area contributed by atoms with Crippen LogP contribution in [0.3, 0.4) is 0 Å². The number of benzene rings is 3. The zero-order valence-corrected chi connectivity index (χ0v) is 18.4. The molecule has 4 aromatic rings. The van der Waals surface area contributed by atoms with Crippen molar-refractivity contribution < 1.29 is 22.7 Å². The lowest BCUT2D eigenvalue weighted by Gasteiger charge is -2.15. The first-order chi connectivity index (χ1) is 15.5. The molecule has 0 aliphatic carbocycles. The van der Waals surface area contributed by atoms with Gasteiger partial charge in [-0.3, -0.25) is 4.57 Å². The average molecular weight is 475 g/mol. The summed E-state index contributed by atoms with van der Waals surface area (Å²) in [5.74, 6) is -0.667. The number of hydrogen-bond acceptors (Lipinski definition) is 2. The van der Waals surface area contributed by atoms with Gasteiger partial charge in [0.15, 0.2) is 0 Å². The largest absolute Gasteiger partial charge is 0.417 e. The van der Waals surface area contributed by atoms with Crippen LogP contribution in [0.5, 0.6) is 0 Å². The molecule has 170 valence electrons. The number of imidazole rings is 1. The van der Waals surface area contributed by atoms with E-state index in [1.54, 1.807) is 30.3 Å². The molecule has 8 heteroatoms. The molecule has 0 fully saturated rings. The maximum absolute atomic E-state index is 15.1. The number of nitrogens with zero attached hydrogens (tertiary/aromatic N) is 2. The van der Waals surface area contributed by atoms with E-state index in [-0.39, 0.29) is 28.3 Å². The molecule has 0 aliphatic heterocycles. The SMILES string of the molecule is CC(C)(O)c1cn(-c2ccc(-c3ccccc3Cl)c(F)c2)c(-c2ccccc2C(F)(F)F)n1. The molecule has 0 amide bonds. The lowest BCUT2D eigenvalue weighted by molar-refractivity contribution is -0.137. The van der Waals surface area contributed by atoms with E-state index in [1.165, 1.54) is 54.9 Å². The summed E-state index contributed by atoms with van der Waals surface area (Å²) in [7, 11) is 0. The number of alkyl halides is 3. The van der Waals surface area contributed by atoms with E-state index in [0.717, 1.165) is 6.07 Å². The Morgan fingerprint density at radius 2 is 1.52 bits per heavy atom. The molecule has 0 radical (unpaired) electrons. The second-order valence-electron chi connectivity index (χ2n) is 8.07. The van der Waals surface area contributed by atoms with E-state index in [4.69, 9.17) is 11.6 Å². The van der Waals surface area contributed by atoms with Gasteiger partial charge in [-0.25, -0.2) is 9.37 Å². The van der Waals surface area contributed by atoms with Crippen LogP contribution in [-0.4, -0.2) is 14.7 Å². The molecule has 1 aromatic heterocycles. The maximum atomic E-state index is 15.1. The summed E-state index contributed by atoms with van der Waals surface area (Å²) in [6, 6.07) is 16.1. The molecular weight excluding hydrogens is 456 g/mol. The predicted octanol–water partition coefficient (Wildman–Crippen LogP) is 7.25. The Kier molecular flexibility index (Phi) is 5.80. The summed E-state index contributed by atoms with van der Waals surface area (Å²) in [6.45, 7) is 2.94. The van der Waals surface area contributed by atoms with Gasteiger partial charge in [0.1, 0.15) is 17.2 Å². The molecule has 1 N–H and O–H groups in total. The highest BCUT2D eigenvalue weighted by atomic mass is 35.5. The minimum atomic E-state index is -4.62. The van der Waals surface area contributed by atoms with E-state index in [2.05, 4.69) is 4.98 Å². The number of aliphatic hydroxyl groups is 1. The van der Waals surface area contributed by atoms with E-state index in [1.807, 2.05) is 0 Å². The van der Waals surface area contributed by atoms with Crippen molar-refractivity contribution in [2.75, 3.05) is 0 Å². The normalized spacial score (nSPS) is 12.2. The summed E-state index contributed by atoms with van der Waals surface area (Å²) in [5.41, 5.74) is -1.35. The molecule has 0 unspecified atom stereocenters. The van der Waals surface area contributed by atoms with Crippen molar-refractivity contribution in [3.05, 3.63) is 95.0 Å². The third-order valence-electron chi connectivity index (χ3n) is 5.20. The Hall–Kier alpha value is -3.16. The molecule has 0 atom stereocenters. The quantitative estimate of drug-likeness (QED) is 0.316. The monoisotopic (exact) mass is 474 g/mol. The number of hydrogen-bond donors (Lipinski definition) is 1. The second-order valence-corrected chi connectivity index (χ2v) is 8.47. The molecular formula is C25H19ClF4N2O. The number of halogens is 5. The fourth-order valence-electron chi connectivity index (χ4n) is 3.54. The lowest BCUT2D eigenvalue weighted by Crippen LogP contribution is -2.15. The van der Waals surface area contributed by atoms with Crippen LogP contribution in [0.4, 0.5) is 17.6 Å². The third-order valence-corrected chi connectivity index (χ3v) is 5.53. The minimum absolute atomic E-state index is 0.0649. The Balaban J connectivity index is 1.92. The van der Waals surface area contributed by atoms with Crippen LogP contribution in [-0.2, 0) is 11.8 Å². The Morgan fingerprint density at radius 3 is 2.12 bits per heavy atom.